The fourth-order valence-electron chi connectivity index (χ4n) is 2.48. The maximum atomic E-state index is 12.0. The molecule has 0 bridgehead atoms. The molecule has 1 aliphatic heterocycles. The SMILES string of the molecule is CC(=O)OC[C@H]1O[C@@H](n2cccnc2=O)[C@@H](OC(C)=O)[C@H]1OC(C)=O. The third-order valence-corrected chi connectivity index (χ3v) is 3.35. The lowest BCUT2D eigenvalue weighted by Gasteiger charge is -2.23. The van der Waals surface area contributed by atoms with Gasteiger partial charge < -0.3 is 18.9 Å². The van der Waals surface area contributed by atoms with Gasteiger partial charge in [0.15, 0.2) is 18.4 Å². The highest BCUT2D eigenvalue weighted by Crippen LogP contribution is 2.33. The Bertz CT molecular complexity index is 715. The zero-order chi connectivity index (χ0) is 18.6. The first kappa shape index (κ1) is 18.6. The number of aromatic nitrogens is 2. The van der Waals surface area contributed by atoms with Crippen LogP contribution in [0.4, 0.5) is 0 Å². The van der Waals surface area contributed by atoms with Crippen LogP contribution in [0.25, 0.3) is 0 Å². The van der Waals surface area contributed by atoms with Crippen molar-refractivity contribution in [3.05, 3.63) is 28.9 Å². The molecule has 1 aromatic rings. The number of ether oxygens (including phenoxy) is 4. The lowest BCUT2D eigenvalue weighted by atomic mass is 10.1. The van der Waals surface area contributed by atoms with Crippen molar-refractivity contribution < 1.29 is 33.3 Å². The summed E-state index contributed by atoms with van der Waals surface area (Å²) >= 11 is 0. The summed E-state index contributed by atoms with van der Waals surface area (Å²) in [7, 11) is 0. The molecule has 136 valence electrons. The molecule has 0 radical (unpaired) electrons. The highest BCUT2D eigenvalue weighted by Gasteiger charge is 2.50. The largest absolute Gasteiger partial charge is 0.463 e. The molecule has 2 heterocycles. The molecule has 0 saturated carbocycles. The number of hydrogen-bond acceptors (Lipinski definition) is 9. The van der Waals surface area contributed by atoms with Gasteiger partial charge in [-0.05, 0) is 6.07 Å². The molecule has 4 atom stereocenters. The first-order valence-corrected chi connectivity index (χ1v) is 7.46. The molecule has 1 aromatic heterocycles. The van der Waals surface area contributed by atoms with Crippen LogP contribution in [0.1, 0.15) is 27.0 Å². The predicted octanol–water partition coefficient (Wildman–Crippen LogP) is -0.433. The summed E-state index contributed by atoms with van der Waals surface area (Å²) in [5.41, 5.74) is -0.639. The molecular formula is C15H18N2O8. The van der Waals surface area contributed by atoms with Crippen LogP contribution in [-0.2, 0) is 33.3 Å². The summed E-state index contributed by atoms with van der Waals surface area (Å²) in [5.74, 6) is -1.85. The summed E-state index contributed by atoms with van der Waals surface area (Å²) in [5, 5.41) is 0. The summed E-state index contributed by atoms with van der Waals surface area (Å²) in [6, 6.07) is 1.50. The first-order chi connectivity index (χ1) is 11.8. The van der Waals surface area contributed by atoms with Crippen molar-refractivity contribution in [2.45, 2.75) is 45.3 Å². The molecule has 0 unspecified atom stereocenters. The summed E-state index contributed by atoms with van der Waals surface area (Å²) in [4.78, 5) is 49.5. The van der Waals surface area contributed by atoms with E-state index < -0.39 is 48.1 Å². The molecule has 2 rings (SSSR count). The molecular weight excluding hydrogens is 336 g/mol. The highest BCUT2D eigenvalue weighted by molar-refractivity contribution is 5.67. The van der Waals surface area contributed by atoms with E-state index in [9.17, 15) is 19.2 Å². The van der Waals surface area contributed by atoms with Crippen molar-refractivity contribution in [1.29, 1.82) is 0 Å². The van der Waals surface area contributed by atoms with E-state index in [-0.39, 0.29) is 6.61 Å². The average Bonchev–Trinajstić information content (AvgIpc) is 2.82. The van der Waals surface area contributed by atoms with E-state index in [1.807, 2.05) is 0 Å². The molecule has 0 aliphatic carbocycles. The second-order valence-corrected chi connectivity index (χ2v) is 5.33. The Labute approximate surface area is 142 Å². The van der Waals surface area contributed by atoms with Gasteiger partial charge in [-0.25, -0.2) is 9.78 Å². The van der Waals surface area contributed by atoms with Crippen molar-refractivity contribution in [2.24, 2.45) is 0 Å². The molecule has 0 aromatic carbocycles. The lowest BCUT2D eigenvalue weighted by Crippen LogP contribution is -2.41. The fraction of sp³-hybridized carbons (Fsp3) is 0.533. The van der Waals surface area contributed by atoms with Gasteiger partial charge in [0.05, 0.1) is 0 Å². The van der Waals surface area contributed by atoms with Crippen molar-refractivity contribution in [1.82, 2.24) is 9.55 Å². The van der Waals surface area contributed by atoms with Crippen molar-refractivity contribution >= 4 is 17.9 Å². The maximum absolute atomic E-state index is 12.0. The minimum atomic E-state index is -1.11. The Morgan fingerprint density at radius 1 is 1.12 bits per heavy atom. The van der Waals surface area contributed by atoms with Gasteiger partial charge in [-0.15, -0.1) is 0 Å². The number of esters is 3. The number of carbonyl (C=O) groups excluding carboxylic acids is 3. The average molecular weight is 354 g/mol. The van der Waals surface area contributed by atoms with Crippen LogP contribution in [0, 0.1) is 0 Å². The van der Waals surface area contributed by atoms with Gasteiger partial charge in [-0.1, -0.05) is 0 Å². The van der Waals surface area contributed by atoms with Gasteiger partial charge in [0.25, 0.3) is 0 Å². The molecule has 0 amide bonds. The first-order valence-electron chi connectivity index (χ1n) is 7.46. The molecule has 0 N–H and O–H groups in total. The number of rotatable bonds is 5. The van der Waals surface area contributed by atoms with Crippen LogP contribution in [0.5, 0.6) is 0 Å². The van der Waals surface area contributed by atoms with Crippen LogP contribution in [-0.4, -0.2) is 52.4 Å². The molecule has 10 heteroatoms. The maximum Gasteiger partial charge on any atom is 0.349 e. The smallest absolute Gasteiger partial charge is 0.349 e. The third kappa shape index (κ3) is 4.63. The second-order valence-electron chi connectivity index (χ2n) is 5.33. The van der Waals surface area contributed by atoms with Crippen molar-refractivity contribution in [2.75, 3.05) is 6.61 Å². The minimum Gasteiger partial charge on any atom is -0.463 e. The lowest BCUT2D eigenvalue weighted by molar-refractivity contribution is -0.166. The highest BCUT2D eigenvalue weighted by atomic mass is 16.7. The van der Waals surface area contributed by atoms with Crippen LogP contribution in [0.15, 0.2) is 23.3 Å². The summed E-state index contributed by atoms with van der Waals surface area (Å²) in [6.45, 7) is 3.32. The normalized spacial score (nSPS) is 25.2. The molecule has 1 aliphatic rings. The fourth-order valence-corrected chi connectivity index (χ4v) is 2.48. The Kier molecular flexibility index (Phi) is 5.86. The van der Waals surface area contributed by atoms with E-state index in [1.54, 1.807) is 0 Å². The number of nitrogens with zero attached hydrogens (tertiary/aromatic N) is 2. The van der Waals surface area contributed by atoms with Gasteiger partial charge in [0.2, 0.25) is 0 Å². The summed E-state index contributed by atoms with van der Waals surface area (Å²) < 4.78 is 22.1. The van der Waals surface area contributed by atoms with Crippen LogP contribution in [0.3, 0.4) is 0 Å². The zero-order valence-electron chi connectivity index (χ0n) is 13.9. The number of carbonyl (C=O) groups is 3. The van der Waals surface area contributed by atoms with E-state index in [1.165, 1.54) is 39.2 Å². The van der Waals surface area contributed by atoms with Gasteiger partial charge in [-0.2, -0.15) is 0 Å². The van der Waals surface area contributed by atoms with Gasteiger partial charge in [-0.3, -0.25) is 19.0 Å². The minimum absolute atomic E-state index is 0.240. The monoisotopic (exact) mass is 354 g/mol. The summed E-state index contributed by atoms with van der Waals surface area (Å²) in [6.07, 6.45) is -1.48. The quantitative estimate of drug-likeness (QED) is 0.511. The molecule has 0 spiro atoms. The molecule has 1 saturated heterocycles. The molecule has 25 heavy (non-hydrogen) atoms. The van der Waals surface area contributed by atoms with Crippen LogP contribution < -0.4 is 5.69 Å². The van der Waals surface area contributed by atoms with E-state index in [2.05, 4.69) is 4.98 Å². The Balaban J connectivity index is 2.37. The topological polar surface area (TPSA) is 123 Å². The van der Waals surface area contributed by atoms with E-state index in [0.29, 0.717) is 0 Å². The Morgan fingerprint density at radius 3 is 2.32 bits per heavy atom. The molecule has 10 nitrogen and oxygen atoms in total. The third-order valence-electron chi connectivity index (χ3n) is 3.35. The van der Waals surface area contributed by atoms with Gasteiger partial charge in [0, 0.05) is 33.2 Å². The molecule has 1 fully saturated rings. The van der Waals surface area contributed by atoms with Crippen molar-refractivity contribution in [3.8, 4) is 0 Å². The zero-order valence-corrected chi connectivity index (χ0v) is 13.9. The van der Waals surface area contributed by atoms with Crippen LogP contribution >= 0.6 is 0 Å². The van der Waals surface area contributed by atoms with E-state index >= 15 is 0 Å². The van der Waals surface area contributed by atoms with E-state index in [0.717, 1.165) is 4.57 Å². The standard InChI is InChI=1S/C15H18N2O8/c1-8(18)22-7-11-12(23-9(2)19)13(24-10(3)20)14(25-11)17-6-4-5-16-15(17)21/h4-6,11-14H,7H2,1-3H3/t11-,12+,13+,14-/m1/s1. The van der Waals surface area contributed by atoms with Crippen LogP contribution in [0.2, 0.25) is 0 Å². The Morgan fingerprint density at radius 2 is 1.76 bits per heavy atom. The van der Waals surface area contributed by atoms with E-state index in [4.69, 9.17) is 18.9 Å². The second kappa shape index (κ2) is 7.88. The Hall–Kier alpha value is -2.75. The van der Waals surface area contributed by atoms with Gasteiger partial charge >= 0.3 is 23.6 Å². The number of hydrogen-bond donors (Lipinski definition) is 0. The van der Waals surface area contributed by atoms with Gasteiger partial charge in [0.1, 0.15) is 12.7 Å². The predicted molar refractivity (Wildman–Crippen MR) is 80.1 cm³/mol. The van der Waals surface area contributed by atoms with Crippen molar-refractivity contribution in [3.63, 3.8) is 0 Å².